The van der Waals surface area contributed by atoms with Gasteiger partial charge in [0.2, 0.25) is 0 Å². The molecule has 0 fully saturated rings. The smallest absolute Gasteiger partial charge is 0.356 e. The largest absolute Gasteiger partial charge is 0.497 e. The summed E-state index contributed by atoms with van der Waals surface area (Å²) in [6.45, 7) is 3.84. The van der Waals surface area contributed by atoms with Crippen LogP contribution in [-0.4, -0.2) is 37.2 Å². The summed E-state index contributed by atoms with van der Waals surface area (Å²) in [4.78, 5) is 28.9. The lowest BCUT2D eigenvalue weighted by atomic mass is 10.2. The standard InChI is InChI=1S/C22H25N3O5/c1-4-29-21(26)18(19-8-6-7-13-23-19)14-25-20(22(27)30-5-2)15-24-16-9-11-17(28-3)12-10-16/h6-15,24-25H,4-5H2,1-3H3/b18-14-,20-15+. The number of carbonyl (C=O) groups is 2. The molecule has 1 heterocycles. The molecule has 0 bridgehead atoms. The number of rotatable bonds is 10. The third-order valence-electron chi connectivity index (χ3n) is 3.78. The highest BCUT2D eigenvalue weighted by Crippen LogP contribution is 2.16. The van der Waals surface area contributed by atoms with Gasteiger partial charge in [0.15, 0.2) is 0 Å². The van der Waals surface area contributed by atoms with E-state index in [4.69, 9.17) is 14.2 Å². The van der Waals surface area contributed by atoms with Crippen LogP contribution in [0.1, 0.15) is 19.5 Å². The second kappa shape index (κ2) is 11.9. The van der Waals surface area contributed by atoms with Gasteiger partial charge in [0.05, 0.1) is 26.0 Å². The van der Waals surface area contributed by atoms with E-state index in [9.17, 15) is 9.59 Å². The van der Waals surface area contributed by atoms with E-state index in [2.05, 4.69) is 15.6 Å². The van der Waals surface area contributed by atoms with E-state index in [1.807, 2.05) is 0 Å². The summed E-state index contributed by atoms with van der Waals surface area (Å²) in [7, 11) is 1.58. The van der Waals surface area contributed by atoms with Gasteiger partial charge in [0, 0.05) is 24.3 Å². The fourth-order valence-corrected chi connectivity index (χ4v) is 2.33. The highest BCUT2D eigenvalue weighted by Gasteiger charge is 2.16. The van der Waals surface area contributed by atoms with Crippen molar-refractivity contribution < 1.29 is 23.8 Å². The van der Waals surface area contributed by atoms with Crippen molar-refractivity contribution in [1.29, 1.82) is 0 Å². The van der Waals surface area contributed by atoms with E-state index in [-0.39, 0.29) is 24.5 Å². The second-order valence-electron chi connectivity index (χ2n) is 5.79. The highest BCUT2D eigenvalue weighted by molar-refractivity contribution is 6.15. The Kier molecular flexibility index (Phi) is 8.92. The molecule has 8 heteroatoms. The number of aromatic nitrogens is 1. The number of anilines is 1. The van der Waals surface area contributed by atoms with Crippen LogP contribution in [0.3, 0.4) is 0 Å². The molecule has 0 saturated carbocycles. The third kappa shape index (κ3) is 6.66. The minimum absolute atomic E-state index is 0.102. The lowest BCUT2D eigenvalue weighted by Crippen LogP contribution is -2.21. The first-order valence-electron chi connectivity index (χ1n) is 9.42. The predicted molar refractivity (Wildman–Crippen MR) is 113 cm³/mol. The normalized spacial score (nSPS) is 11.4. The Hall–Kier alpha value is -3.81. The molecular formula is C22H25N3O5. The van der Waals surface area contributed by atoms with Gasteiger partial charge in [0.25, 0.3) is 0 Å². The zero-order chi connectivity index (χ0) is 21.8. The molecule has 0 aliphatic heterocycles. The molecule has 1 aromatic carbocycles. The van der Waals surface area contributed by atoms with Crippen molar-refractivity contribution in [2.75, 3.05) is 25.6 Å². The number of nitrogens with one attached hydrogen (secondary N) is 2. The van der Waals surface area contributed by atoms with Crippen molar-refractivity contribution in [3.8, 4) is 5.75 Å². The maximum atomic E-state index is 12.4. The quantitative estimate of drug-likeness (QED) is 0.455. The van der Waals surface area contributed by atoms with Crippen LogP contribution in [0.15, 0.2) is 66.8 Å². The number of esters is 2. The van der Waals surface area contributed by atoms with Crippen LogP contribution in [0.5, 0.6) is 5.75 Å². The predicted octanol–water partition coefficient (Wildman–Crippen LogP) is 3.10. The summed E-state index contributed by atoms with van der Waals surface area (Å²) < 4.78 is 15.3. The molecular weight excluding hydrogens is 386 g/mol. The van der Waals surface area contributed by atoms with Gasteiger partial charge in [-0.15, -0.1) is 0 Å². The van der Waals surface area contributed by atoms with Crippen LogP contribution in [0.4, 0.5) is 5.69 Å². The fourth-order valence-electron chi connectivity index (χ4n) is 2.33. The molecule has 0 amide bonds. The molecule has 1 aromatic heterocycles. The molecule has 2 rings (SSSR count). The fraction of sp³-hybridized carbons (Fsp3) is 0.227. The van der Waals surface area contributed by atoms with E-state index in [0.717, 1.165) is 5.69 Å². The van der Waals surface area contributed by atoms with Gasteiger partial charge < -0.3 is 24.8 Å². The lowest BCUT2D eigenvalue weighted by molar-refractivity contribution is -0.139. The lowest BCUT2D eigenvalue weighted by Gasteiger charge is -2.11. The van der Waals surface area contributed by atoms with Crippen molar-refractivity contribution >= 4 is 23.2 Å². The number of carbonyl (C=O) groups excluding carboxylic acids is 2. The minimum atomic E-state index is -0.584. The van der Waals surface area contributed by atoms with Crippen LogP contribution in [-0.2, 0) is 19.1 Å². The van der Waals surface area contributed by atoms with Crippen molar-refractivity contribution in [2.45, 2.75) is 13.8 Å². The van der Waals surface area contributed by atoms with Gasteiger partial charge in [-0.1, -0.05) is 6.07 Å². The zero-order valence-electron chi connectivity index (χ0n) is 17.2. The van der Waals surface area contributed by atoms with Gasteiger partial charge in [-0.05, 0) is 50.2 Å². The number of benzene rings is 1. The zero-order valence-corrected chi connectivity index (χ0v) is 17.2. The van der Waals surface area contributed by atoms with Gasteiger partial charge in [-0.2, -0.15) is 0 Å². The van der Waals surface area contributed by atoms with E-state index >= 15 is 0 Å². The molecule has 0 radical (unpaired) electrons. The summed E-state index contributed by atoms with van der Waals surface area (Å²) in [6, 6.07) is 12.3. The number of hydrogen-bond donors (Lipinski definition) is 2. The molecule has 2 aromatic rings. The maximum Gasteiger partial charge on any atom is 0.356 e. The third-order valence-corrected chi connectivity index (χ3v) is 3.78. The number of hydrogen-bond acceptors (Lipinski definition) is 8. The van der Waals surface area contributed by atoms with Crippen molar-refractivity contribution in [2.24, 2.45) is 0 Å². The summed E-state index contributed by atoms with van der Waals surface area (Å²) in [6.07, 6.45) is 4.39. The summed E-state index contributed by atoms with van der Waals surface area (Å²) in [5, 5.41) is 5.84. The number of pyridine rings is 1. The molecule has 0 aliphatic carbocycles. The summed E-state index contributed by atoms with van der Waals surface area (Å²) >= 11 is 0. The molecule has 158 valence electrons. The Morgan fingerprint density at radius 3 is 2.27 bits per heavy atom. The SMILES string of the molecule is CCOC(=O)/C(=C\N/C(=C/Nc1ccc(OC)cc1)C(=O)OCC)c1ccccn1. The highest BCUT2D eigenvalue weighted by atomic mass is 16.5. The monoisotopic (exact) mass is 411 g/mol. The van der Waals surface area contributed by atoms with Gasteiger partial charge >= 0.3 is 11.9 Å². The molecule has 0 spiro atoms. The Morgan fingerprint density at radius 1 is 0.967 bits per heavy atom. The van der Waals surface area contributed by atoms with Gasteiger partial charge in [0.1, 0.15) is 17.0 Å². The van der Waals surface area contributed by atoms with Crippen LogP contribution in [0, 0.1) is 0 Å². The van der Waals surface area contributed by atoms with Crippen LogP contribution in [0.25, 0.3) is 5.57 Å². The molecule has 8 nitrogen and oxygen atoms in total. The Labute approximate surface area is 175 Å². The van der Waals surface area contributed by atoms with Gasteiger partial charge in [-0.3, -0.25) is 4.98 Å². The number of methoxy groups -OCH3 is 1. The van der Waals surface area contributed by atoms with Crippen LogP contribution < -0.4 is 15.4 Å². The molecule has 0 saturated heterocycles. The van der Waals surface area contributed by atoms with Crippen molar-refractivity contribution in [3.05, 3.63) is 72.5 Å². The van der Waals surface area contributed by atoms with Gasteiger partial charge in [-0.25, -0.2) is 9.59 Å². The first kappa shape index (κ1) is 22.5. The molecule has 2 N–H and O–H groups in total. The summed E-state index contributed by atoms with van der Waals surface area (Å²) in [5.41, 5.74) is 1.43. The van der Waals surface area contributed by atoms with E-state index < -0.39 is 11.9 Å². The molecule has 0 aliphatic rings. The first-order valence-corrected chi connectivity index (χ1v) is 9.42. The van der Waals surface area contributed by atoms with E-state index in [1.54, 1.807) is 69.6 Å². The molecule has 30 heavy (non-hydrogen) atoms. The topological polar surface area (TPSA) is 98.8 Å². The first-order chi connectivity index (χ1) is 14.6. The van der Waals surface area contributed by atoms with Crippen LogP contribution >= 0.6 is 0 Å². The average Bonchev–Trinajstić information content (AvgIpc) is 2.77. The summed E-state index contributed by atoms with van der Waals surface area (Å²) in [5.74, 6) is -0.431. The molecule has 0 unspecified atom stereocenters. The Balaban J connectivity index is 2.27. The van der Waals surface area contributed by atoms with Crippen molar-refractivity contribution in [3.63, 3.8) is 0 Å². The minimum Gasteiger partial charge on any atom is -0.497 e. The van der Waals surface area contributed by atoms with E-state index in [0.29, 0.717) is 11.4 Å². The van der Waals surface area contributed by atoms with Crippen molar-refractivity contribution in [1.82, 2.24) is 10.3 Å². The molecule has 0 atom stereocenters. The second-order valence-corrected chi connectivity index (χ2v) is 5.79. The van der Waals surface area contributed by atoms with E-state index in [1.165, 1.54) is 12.4 Å². The average molecular weight is 411 g/mol. The number of nitrogens with zero attached hydrogens (tertiary/aromatic N) is 1. The number of ether oxygens (including phenoxy) is 3. The maximum absolute atomic E-state index is 12.4. The Bertz CT molecular complexity index is 893. The van der Waals surface area contributed by atoms with Crippen LogP contribution in [0.2, 0.25) is 0 Å². The Morgan fingerprint density at radius 2 is 1.67 bits per heavy atom.